The van der Waals surface area contributed by atoms with Crippen LogP contribution in [0.2, 0.25) is 0 Å². The lowest BCUT2D eigenvalue weighted by atomic mass is 9.68. The lowest BCUT2D eigenvalue weighted by Gasteiger charge is -2.40. The fourth-order valence-electron chi connectivity index (χ4n) is 11.3. The van der Waals surface area contributed by atoms with Crippen molar-refractivity contribution < 1.29 is 0 Å². The van der Waals surface area contributed by atoms with Crippen molar-refractivity contribution in [3.8, 4) is 0 Å². The van der Waals surface area contributed by atoms with Crippen LogP contribution in [-0.4, -0.2) is 10.6 Å². The number of aromatic nitrogens is 1. The van der Waals surface area contributed by atoms with E-state index in [4.69, 9.17) is 0 Å². The summed E-state index contributed by atoms with van der Waals surface area (Å²) in [5.74, 6) is 0.579. The van der Waals surface area contributed by atoms with Gasteiger partial charge in [-0.25, -0.2) is 0 Å². The van der Waals surface area contributed by atoms with Crippen molar-refractivity contribution in [1.29, 1.82) is 0 Å². The number of aryl methyl sites for hydroxylation is 1. The summed E-state index contributed by atoms with van der Waals surface area (Å²) in [6.45, 7) is 5.01. The fourth-order valence-corrected chi connectivity index (χ4v) is 11.3. The van der Waals surface area contributed by atoms with Crippen LogP contribution in [0.15, 0.2) is 127 Å². The number of benzene rings is 4. The van der Waals surface area contributed by atoms with Crippen LogP contribution in [0.4, 0.5) is 11.4 Å². The predicted octanol–water partition coefficient (Wildman–Crippen LogP) is 14.0. The van der Waals surface area contributed by atoms with E-state index in [2.05, 4.69) is 163 Å². The minimum absolute atomic E-state index is 0.0270. The van der Waals surface area contributed by atoms with E-state index < -0.39 is 0 Å². The second-order valence-electron chi connectivity index (χ2n) is 17.6. The van der Waals surface area contributed by atoms with Crippen LogP contribution in [0.5, 0.6) is 0 Å². The van der Waals surface area contributed by atoms with Gasteiger partial charge in [0.05, 0.1) is 0 Å². The fraction of sp³-hybridized carbons (Fsp3) is 0.296. The molecule has 2 heterocycles. The van der Waals surface area contributed by atoms with E-state index in [1.165, 1.54) is 83.6 Å². The van der Waals surface area contributed by atoms with E-state index >= 15 is 0 Å². The summed E-state index contributed by atoms with van der Waals surface area (Å²) in [5.41, 5.74) is 20.0. The average Bonchev–Trinajstić information content (AvgIpc) is 3.72. The molecule has 5 aromatic rings. The molecule has 5 aliphatic carbocycles. The van der Waals surface area contributed by atoms with Gasteiger partial charge >= 0.3 is 0 Å². The monoisotopic (exact) mass is 728 g/mol. The quantitative estimate of drug-likeness (QED) is 0.175. The van der Waals surface area contributed by atoms with Crippen LogP contribution in [0, 0.1) is 5.92 Å². The Bertz CT molecular complexity index is 2580. The van der Waals surface area contributed by atoms with Gasteiger partial charge in [0.15, 0.2) is 0 Å². The Morgan fingerprint density at radius 1 is 0.679 bits per heavy atom. The Balaban J connectivity index is 0.927. The highest BCUT2D eigenvalue weighted by Crippen LogP contribution is 2.56. The first-order valence-electron chi connectivity index (χ1n) is 21.4. The van der Waals surface area contributed by atoms with Crippen LogP contribution >= 0.6 is 0 Å². The van der Waals surface area contributed by atoms with Crippen molar-refractivity contribution in [2.75, 3.05) is 4.90 Å². The molecular weight excluding hydrogens is 677 g/mol. The van der Waals surface area contributed by atoms with Crippen molar-refractivity contribution in [3.63, 3.8) is 0 Å². The molecule has 6 aliphatic rings. The third-order valence-corrected chi connectivity index (χ3v) is 14.3. The van der Waals surface area contributed by atoms with Crippen LogP contribution in [0.3, 0.4) is 0 Å². The topological polar surface area (TPSA) is 8.17 Å². The molecule has 1 aliphatic heterocycles. The summed E-state index contributed by atoms with van der Waals surface area (Å²) in [4.78, 5) is 2.68. The van der Waals surface area contributed by atoms with Crippen LogP contribution < -0.4 is 4.90 Å². The summed E-state index contributed by atoms with van der Waals surface area (Å²) < 4.78 is 2.79. The normalized spacial score (nSPS) is 24.9. The van der Waals surface area contributed by atoms with Gasteiger partial charge in [0, 0.05) is 51.0 Å². The zero-order valence-electron chi connectivity index (χ0n) is 33.0. The zero-order chi connectivity index (χ0) is 37.4. The van der Waals surface area contributed by atoms with Gasteiger partial charge in [-0.2, -0.15) is 0 Å². The van der Waals surface area contributed by atoms with Crippen molar-refractivity contribution in [1.82, 2.24) is 4.57 Å². The van der Waals surface area contributed by atoms with E-state index in [-0.39, 0.29) is 5.41 Å². The minimum Gasteiger partial charge on any atom is -0.340 e. The van der Waals surface area contributed by atoms with Gasteiger partial charge in [0.2, 0.25) is 0 Å². The zero-order valence-corrected chi connectivity index (χ0v) is 33.0. The van der Waals surface area contributed by atoms with Gasteiger partial charge in [-0.3, -0.25) is 0 Å². The highest BCUT2D eigenvalue weighted by atomic mass is 15.2. The highest BCUT2D eigenvalue weighted by molar-refractivity contribution is 5.95. The molecule has 2 heteroatoms. The van der Waals surface area contributed by atoms with Crippen molar-refractivity contribution in [2.24, 2.45) is 5.92 Å². The Hall–Kier alpha value is -5.34. The summed E-state index contributed by atoms with van der Waals surface area (Å²) in [6.07, 6.45) is 32.6. The first kappa shape index (κ1) is 34.0. The third-order valence-electron chi connectivity index (χ3n) is 14.3. The number of anilines is 2. The third kappa shape index (κ3) is 5.43. The Morgan fingerprint density at radius 3 is 2.38 bits per heavy atom. The molecule has 0 saturated heterocycles. The molecule has 0 bridgehead atoms. The Kier molecular flexibility index (Phi) is 8.13. The number of fused-ring (bicyclic) bond motifs is 7. The van der Waals surface area contributed by atoms with Crippen LogP contribution in [-0.2, 0) is 18.3 Å². The lowest BCUT2D eigenvalue weighted by Crippen LogP contribution is -2.42. The molecule has 278 valence electrons. The van der Waals surface area contributed by atoms with E-state index in [1.807, 2.05) is 0 Å². The molecule has 0 N–H and O–H groups in total. The maximum Gasteiger partial charge on any atom is 0.0492 e. The molecule has 1 aromatic heterocycles. The molecule has 0 amide bonds. The van der Waals surface area contributed by atoms with Crippen molar-refractivity contribution in [3.05, 3.63) is 172 Å². The number of allylic oxidation sites excluding steroid dienone is 9. The standard InChI is InChI=1S/C54H52N2/c1-36-20-21-43(40-24-22-39(23-25-40)37-12-4-3-5-13-37)34-52(36)56-49-18-10-8-16-46(49)47-33-42(27-30-50(47)56)44-28-31-53-54(2,35-44)48-17-9-11-19-51(48)55(53)45-29-26-38-14-6-7-15-41(38)32-45/h4,6,8-9,11-14,16-17,19,21-30,32-33,36,52-53H,3,5,7,10,15,18,20,31,34-35H2,1-2H3/t36-,52?,53?,54+/m1/s1. The molecule has 11 rings (SSSR count). The maximum atomic E-state index is 2.79. The molecule has 2 unspecified atom stereocenters. The molecule has 4 aromatic carbocycles. The van der Waals surface area contributed by atoms with E-state index in [0.717, 1.165) is 64.2 Å². The SMILES string of the molecule is C[C@@H]1CC=C(c2ccc(C3=CCCC=C3)cc2)CC1n1c2c(c3cc(C4=CCC5N(c6ccc7c(c6)CCC=C7)c6ccccc6[C@]5(C)C4)ccc31)C=CCC2. The molecule has 2 nitrogen and oxygen atoms in total. The summed E-state index contributed by atoms with van der Waals surface area (Å²) in [7, 11) is 0. The molecule has 0 radical (unpaired) electrons. The maximum absolute atomic E-state index is 2.79. The van der Waals surface area contributed by atoms with Crippen LogP contribution in [0.25, 0.3) is 39.8 Å². The van der Waals surface area contributed by atoms with Crippen molar-refractivity contribution >= 4 is 51.1 Å². The van der Waals surface area contributed by atoms with Gasteiger partial charge < -0.3 is 9.47 Å². The second kappa shape index (κ2) is 13.4. The molecule has 4 atom stereocenters. The average molecular weight is 729 g/mol. The molecule has 0 fully saturated rings. The Morgan fingerprint density at radius 2 is 1.48 bits per heavy atom. The molecular formula is C54H52N2. The summed E-state index contributed by atoms with van der Waals surface area (Å²) >= 11 is 0. The number of hydrogen-bond acceptors (Lipinski definition) is 1. The number of para-hydroxylation sites is 1. The molecule has 0 saturated carbocycles. The van der Waals surface area contributed by atoms with Gasteiger partial charge in [0.25, 0.3) is 0 Å². The number of rotatable bonds is 5. The second-order valence-corrected chi connectivity index (χ2v) is 17.6. The minimum atomic E-state index is 0.0270. The van der Waals surface area contributed by atoms with E-state index in [9.17, 15) is 0 Å². The summed E-state index contributed by atoms with van der Waals surface area (Å²) in [6, 6.07) is 34.2. The van der Waals surface area contributed by atoms with E-state index in [1.54, 1.807) is 0 Å². The van der Waals surface area contributed by atoms with E-state index in [0.29, 0.717) is 18.0 Å². The summed E-state index contributed by atoms with van der Waals surface area (Å²) in [5, 5.41) is 1.43. The molecule has 56 heavy (non-hydrogen) atoms. The number of hydrogen-bond donors (Lipinski definition) is 0. The van der Waals surface area contributed by atoms with Gasteiger partial charge in [-0.1, -0.05) is 123 Å². The molecule has 0 spiro atoms. The predicted molar refractivity (Wildman–Crippen MR) is 238 cm³/mol. The van der Waals surface area contributed by atoms with Crippen LogP contribution in [0.1, 0.15) is 116 Å². The number of nitrogens with zero attached hydrogens (tertiary/aromatic N) is 2. The largest absolute Gasteiger partial charge is 0.340 e. The highest BCUT2D eigenvalue weighted by Gasteiger charge is 2.49. The first-order chi connectivity index (χ1) is 27.5. The first-order valence-corrected chi connectivity index (χ1v) is 21.4. The smallest absolute Gasteiger partial charge is 0.0492 e. The van der Waals surface area contributed by atoms with Gasteiger partial charge in [-0.05, 0) is 151 Å². The van der Waals surface area contributed by atoms with Gasteiger partial charge in [0.1, 0.15) is 0 Å². The van der Waals surface area contributed by atoms with Gasteiger partial charge in [-0.15, -0.1) is 0 Å². The Labute approximate surface area is 333 Å². The lowest BCUT2D eigenvalue weighted by molar-refractivity contribution is 0.351. The van der Waals surface area contributed by atoms with Crippen molar-refractivity contribution in [2.45, 2.75) is 95.6 Å².